The van der Waals surface area contributed by atoms with Gasteiger partial charge in [-0.25, -0.2) is 10.8 Å². The van der Waals surface area contributed by atoms with E-state index in [9.17, 15) is 0 Å². The molecular weight excluding hydrogens is 180 g/mol. The fourth-order valence-corrected chi connectivity index (χ4v) is 1.30. The zero-order chi connectivity index (χ0) is 10.1. The highest BCUT2D eigenvalue weighted by molar-refractivity contribution is 5.96. The van der Waals surface area contributed by atoms with Gasteiger partial charge in [0.25, 0.3) is 0 Å². The lowest BCUT2D eigenvalue weighted by Crippen LogP contribution is -2.31. The number of amidine groups is 1. The molecule has 0 atom stereocenters. The van der Waals surface area contributed by atoms with Crippen LogP contribution in [0.2, 0.25) is 0 Å². The summed E-state index contributed by atoms with van der Waals surface area (Å²) >= 11 is 0. The number of hydrogen-bond donors (Lipinski definition) is 2. The van der Waals surface area contributed by atoms with Gasteiger partial charge in [-0.05, 0) is 19.8 Å². The van der Waals surface area contributed by atoms with E-state index in [0.29, 0.717) is 23.5 Å². The van der Waals surface area contributed by atoms with Crippen molar-refractivity contribution in [2.75, 3.05) is 0 Å². The standard InChI is InChI=1S/C9H14N4O/c1-5-8(14-6(2)11-5)9(13-10)12-7-3-4-7/h7H,3-4,10H2,1-2H3,(H,12,13). The number of aryl methyl sites for hydroxylation is 2. The summed E-state index contributed by atoms with van der Waals surface area (Å²) in [6, 6.07) is 0.408. The second-order valence-corrected chi connectivity index (χ2v) is 3.50. The van der Waals surface area contributed by atoms with Gasteiger partial charge in [0.15, 0.2) is 17.5 Å². The summed E-state index contributed by atoms with van der Waals surface area (Å²) in [5.74, 6) is 7.28. The average molecular weight is 194 g/mol. The van der Waals surface area contributed by atoms with Crippen LogP contribution in [-0.2, 0) is 0 Å². The number of hydrazine groups is 1. The highest BCUT2D eigenvalue weighted by atomic mass is 16.4. The normalized spacial score (nSPS) is 17.2. The van der Waals surface area contributed by atoms with E-state index in [1.54, 1.807) is 0 Å². The molecule has 0 unspecified atom stereocenters. The first-order valence-electron chi connectivity index (χ1n) is 4.69. The minimum atomic E-state index is 0.408. The Hall–Kier alpha value is -1.36. The first-order chi connectivity index (χ1) is 6.70. The lowest BCUT2D eigenvalue weighted by atomic mass is 10.3. The van der Waals surface area contributed by atoms with Crippen LogP contribution >= 0.6 is 0 Å². The Morgan fingerprint density at radius 1 is 1.57 bits per heavy atom. The summed E-state index contributed by atoms with van der Waals surface area (Å²) in [6.07, 6.45) is 2.27. The minimum absolute atomic E-state index is 0.408. The van der Waals surface area contributed by atoms with Gasteiger partial charge >= 0.3 is 0 Å². The Labute approximate surface area is 82.4 Å². The maximum atomic E-state index is 5.41. The van der Waals surface area contributed by atoms with Crippen LogP contribution in [0.5, 0.6) is 0 Å². The van der Waals surface area contributed by atoms with Crippen molar-refractivity contribution in [1.82, 2.24) is 10.4 Å². The molecule has 0 aromatic carbocycles. The first kappa shape index (κ1) is 9.21. The molecule has 1 aliphatic carbocycles. The molecule has 0 bridgehead atoms. The molecular formula is C9H14N4O. The third kappa shape index (κ3) is 1.77. The lowest BCUT2D eigenvalue weighted by molar-refractivity contribution is 0.509. The van der Waals surface area contributed by atoms with Crippen LogP contribution in [0, 0.1) is 13.8 Å². The summed E-state index contributed by atoms with van der Waals surface area (Å²) in [4.78, 5) is 8.56. The minimum Gasteiger partial charge on any atom is -0.437 e. The van der Waals surface area contributed by atoms with E-state index in [1.807, 2.05) is 13.8 Å². The van der Waals surface area contributed by atoms with Gasteiger partial charge in [-0.2, -0.15) is 0 Å². The molecule has 3 N–H and O–H groups in total. The summed E-state index contributed by atoms with van der Waals surface area (Å²) < 4.78 is 5.41. The van der Waals surface area contributed by atoms with Gasteiger partial charge in [-0.15, -0.1) is 0 Å². The van der Waals surface area contributed by atoms with E-state index in [0.717, 1.165) is 18.5 Å². The summed E-state index contributed by atoms with van der Waals surface area (Å²) in [5, 5.41) is 0. The molecule has 5 nitrogen and oxygen atoms in total. The third-order valence-electron chi connectivity index (χ3n) is 2.11. The number of oxazole rings is 1. The number of nitrogens with zero attached hydrogens (tertiary/aromatic N) is 2. The zero-order valence-electron chi connectivity index (χ0n) is 8.37. The first-order valence-corrected chi connectivity index (χ1v) is 4.69. The Kier molecular flexibility index (Phi) is 2.25. The Morgan fingerprint density at radius 2 is 2.29 bits per heavy atom. The molecule has 1 aromatic heterocycles. The molecule has 0 saturated heterocycles. The molecule has 1 fully saturated rings. The molecule has 76 valence electrons. The highest BCUT2D eigenvalue weighted by Crippen LogP contribution is 2.24. The molecule has 0 aliphatic heterocycles. The van der Waals surface area contributed by atoms with Crippen LogP contribution in [-0.4, -0.2) is 16.9 Å². The van der Waals surface area contributed by atoms with Crippen LogP contribution in [0.4, 0.5) is 0 Å². The second kappa shape index (κ2) is 3.42. The summed E-state index contributed by atoms with van der Waals surface area (Å²) in [6.45, 7) is 3.69. The van der Waals surface area contributed by atoms with Gasteiger partial charge < -0.3 is 9.84 Å². The van der Waals surface area contributed by atoms with Crippen molar-refractivity contribution in [3.8, 4) is 0 Å². The fraction of sp³-hybridized carbons (Fsp3) is 0.556. The number of nitrogens with one attached hydrogen (secondary N) is 1. The van der Waals surface area contributed by atoms with Gasteiger partial charge in [0.1, 0.15) is 0 Å². The lowest BCUT2D eigenvalue weighted by Gasteiger charge is -2.01. The van der Waals surface area contributed by atoms with Crippen molar-refractivity contribution in [2.24, 2.45) is 10.8 Å². The third-order valence-corrected chi connectivity index (χ3v) is 2.11. The van der Waals surface area contributed by atoms with E-state index >= 15 is 0 Å². The maximum absolute atomic E-state index is 5.41. The Bertz CT molecular complexity index is 365. The topological polar surface area (TPSA) is 76.4 Å². The van der Waals surface area contributed by atoms with Crippen LogP contribution < -0.4 is 11.3 Å². The van der Waals surface area contributed by atoms with E-state index in [2.05, 4.69) is 15.4 Å². The predicted molar refractivity (Wildman–Crippen MR) is 52.9 cm³/mol. The van der Waals surface area contributed by atoms with Crippen LogP contribution in [0.25, 0.3) is 0 Å². The van der Waals surface area contributed by atoms with Crippen LogP contribution in [0.1, 0.15) is 30.2 Å². The molecule has 1 saturated carbocycles. The average Bonchev–Trinajstić information content (AvgIpc) is 2.89. The maximum Gasteiger partial charge on any atom is 0.193 e. The van der Waals surface area contributed by atoms with Crippen molar-refractivity contribution in [3.05, 3.63) is 17.3 Å². The largest absolute Gasteiger partial charge is 0.437 e. The van der Waals surface area contributed by atoms with Crippen molar-refractivity contribution in [1.29, 1.82) is 0 Å². The van der Waals surface area contributed by atoms with E-state index < -0.39 is 0 Å². The van der Waals surface area contributed by atoms with Crippen LogP contribution in [0.15, 0.2) is 9.41 Å². The Balaban J connectivity index is 2.30. The van der Waals surface area contributed by atoms with Gasteiger partial charge in [-0.3, -0.25) is 4.99 Å². The van der Waals surface area contributed by atoms with Crippen molar-refractivity contribution in [3.63, 3.8) is 0 Å². The highest BCUT2D eigenvalue weighted by Gasteiger charge is 2.23. The van der Waals surface area contributed by atoms with E-state index in [4.69, 9.17) is 10.3 Å². The van der Waals surface area contributed by atoms with Gasteiger partial charge in [0.05, 0.1) is 11.7 Å². The second-order valence-electron chi connectivity index (χ2n) is 3.50. The molecule has 1 aromatic rings. The van der Waals surface area contributed by atoms with Crippen molar-refractivity contribution >= 4 is 5.84 Å². The van der Waals surface area contributed by atoms with E-state index in [-0.39, 0.29) is 0 Å². The fourth-order valence-electron chi connectivity index (χ4n) is 1.30. The number of rotatable bonds is 2. The zero-order valence-corrected chi connectivity index (χ0v) is 8.37. The van der Waals surface area contributed by atoms with Crippen LogP contribution in [0.3, 0.4) is 0 Å². The van der Waals surface area contributed by atoms with Crippen molar-refractivity contribution < 1.29 is 4.42 Å². The van der Waals surface area contributed by atoms with Crippen molar-refractivity contribution in [2.45, 2.75) is 32.7 Å². The predicted octanol–water partition coefficient (Wildman–Crippen LogP) is 0.664. The summed E-state index contributed by atoms with van der Waals surface area (Å²) in [7, 11) is 0. The number of hydrogen-bond acceptors (Lipinski definition) is 4. The molecule has 2 rings (SSSR count). The van der Waals surface area contributed by atoms with Gasteiger partial charge in [-0.1, -0.05) is 0 Å². The number of aliphatic imine (C=N–C) groups is 1. The Morgan fingerprint density at radius 3 is 2.71 bits per heavy atom. The molecule has 14 heavy (non-hydrogen) atoms. The molecule has 1 heterocycles. The molecule has 5 heteroatoms. The number of aromatic nitrogens is 1. The number of nitrogens with two attached hydrogens (primary N) is 1. The SMILES string of the molecule is Cc1nc(C)c(C(=NC2CC2)NN)o1. The van der Waals surface area contributed by atoms with Gasteiger partial charge in [0, 0.05) is 6.92 Å². The smallest absolute Gasteiger partial charge is 0.193 e. The van der Waals surface area contributed by atoms with Gasteiger partial charge in [0.2, 0.25) is 0 Å². The quantitative estimate of drug-likeness (QED) is 0.314. The summed E-state index contributed by atoms with van der Waals surface area (Å²) in [5.41, 5.74) is 3.38. The molecule has 1 aliphatic rings. The molecule has 0 amide bonds. The molecule has 0 spiro atoms. The monoisotopic (exact) mass is 194 g/mol. The molecule has 0 radical (unpaired) electrons. The van der Waals surface area contributed by atoms with E-state index in [1.165, 1.54) is 0 Å².